The first-order valence-corrected chi connectivity index (χ1v) is 9.96. The molecule has 3 heterocycles. The maximum Gasteiger partial charge on any atom is 0.260 e. The van der Waals surface area contributed by atoms with Gasteiger partial charge in [0.1, 0.15) is 5.82 Å². The second-order valence-corrected chi connectivity index (χ2v) is 7.21. The molecule has 0 saturated heterocycles. The van der Waals surface area contributed by atoms with Crippen LogP contribution < -0.4 is 5.32 Å². The van der Waals surface area contributed by atoms with E-state index >= 15 is 0 Å². The lowest BCUT2D eigenvalue weighted by Crippen LogP contribution is -2.17. The minimum atomic E-state index is -0.237. The fourth-order valence-corrected chi connectivity index (χ4v) is 3.68. The Morgan fingerprint density at radius 2 is 1.77 bits per heavy atom. The summed E-state index contributed by atoms with van der Waals surface area (Å²) < 4.78 is 3.44. The normalized spacial score (nSPS) is 11.0. The molecule has 31 heavy (non-hydrogen) atoms. The molecule has 0 aliphatic rings. The molecule has 0 atom stereocenters. The second-order valence-electron chi connectivity index (χ2n) is 7.21. The van der Waals surface area contributed by atoms with E-state index in [1.54, 1.807) is 34.0 Å². The molecule has 1 amide bonds. The van der Waals surface area contributed by atoms with Gasteiger partial charge in [0.15, 0.2) is 5.82 Å². The molecular weight excluding hydrogens is 388 g/mol. The molecule has 1 N–H and O–H groups in total. The van der Waals surface area contributed by atoms with Crippen LogP contribution in [0.4, 0.5) is 5.82 Å². The summed E-state index contributed by atoms with van der Waals surface area (Å²) in [5, 5.41) is 14.1. The predicted octanol–water partition coefficient (Wildman–Crippen LogP) is 4.23. The summed E-state index contributed by atoms with van der Waals surface area (Å²) in [5.74, 6) is 1.06. The molecule has 0 radical (unpaired) electrons. The molecule has 0 aliphatic heterocycles. The van der Waals surface area contributed by atoms with Gasteiger partial charge in [-0.1, -0.05) is 48.5 Å². The number of benzene rings is 2. The lowest BCUT2D eigenvalue weighted by atomic mass is 10.0. The maximum absolute atomic E-state index is 13.0. The third-order valence-corrected chi connectivity index (χ3v) is 5.28. The highest BCUT2D eigenvalue weighted by Gasteiger charge is 2.17. The first-order valence-electron chi connectivity index (χ1n) is 9.96. The largest absolute Gasteiger partial charge is 0.307 e. The third-order valence-electron chi connectivity index (χ3n) is 5.28. The monoisotopic (exact) mass is 408 g/mol. The smallest absolute Gasteiger partial charge is 0.260 e. The zero-order valence-corrected chi connectivity index (χ0v) is 16.9. The summed E-state index contributed by atoms with van der Waals surface area (Å²) in [6.07, 6.45) is 4.94. The van der Waals surface area contributed by atoms with Gasteiger partial charge in [0.05, 0.1) is 30.2 Å². The summed E-state index contributed by atoms with van der Waals surface area (Å²) in [7, 11) is 0. The first kappa shape index (κ1) is 18.7. The number of carbonyl (C=O) groups is 1. The van der Waals surface area contributed by atoms with Gasteiger partial charge in [-0.2, -0.15) is 10.2 Å². The number of aromatic nitrogens is 5. The van der Waals surface area contributed by atoms with E-state index in [0.29, 0.717) is 23.7 Å². The van der Waals surface area contributed by atoms with Gasteiger partial charge in [-0.05, 0) is 35.4 Å². The Kier molecular flexibility index (Phi) is 4.76. The van der Waals surface area contributed by atoms with Crippen LogP contribution in [-0.4, -0.2) is 30.5 Å². The SMILES string of the molecule is Cc1c(C(=O)Nc2ccnn2Cc2cccc3ccccc23)cnn1-c1ccccn1. The Bertz CT molecular complexity index is 1360. The molecule has 5 rings (SSSR count). The van der Waals surface area contributed by atoms with Crippen molar-refractivity contribution in [2.75, 3.05) is 5.32 Å². The highest BCUT2D eigenvalue weighted by Crippen LogP contribution is 2.21. The predicted molar refractivity (Wildman–Crippen MR) is 119 cm³/mol. The van der Waals surface area contributed by atoms with Crippen molar-refractivity contribution in [2.45, 2.75) is 13.5 Å². The van der Waals surface area contributed by atoms with E-state index in [1.165, 1.54) is 10.8 Å². The number of fused-ring (bicyclic) bond motifs is 1. The van der Waals surface area contributed by atoms with E-state index in [2.05, 4.69) is 44.8 Å². The van der Waals surface area contributed by atoms with Crippen molar-refractivity contribution < 1.29 is 4.79 Å². The van der Waals surface area contributed by atoms with E-state index in [4.69, 9.17) is 0 Å². The van der Waals surface area contributed by atoms with Crippen molar-refractivity contribution in [2.24, 2.45) is 0 Å². The average Bonchev–Trinajstić information content (AvgIpc) is 3.40. The molecule has 0 spiro atoms. The maximum atomic E-state index is 13.0. The number of anilines is 1. The van der Waals surface area contributed by atoms with Gasteiger partial charge in [0.2, 0.25) is 0 Å². The second kappa shape index (κ2) is 7.87. The average molecular weight is 408 g/mol. The van der Waals surface area contributed by atoms with E-state index < -0.39 is 0 Å². The zero-order chi connectivity index (χ0) is 21.2. The van der Waals surface area contributed by atoms with Gasteiger partial charge >= 0.3 is 0 Å². The number of nitrogens with zero attached hydrogens (tertiary/aromatic N) is 5. The molecular formula is C24H20N6O. The van der Waals surface area contributed by atoms with Crippen LogP contribution in [0, 0.1) is 6.92 Å². The number of nitrogens with one attached hydrogen (secondary N) is 1. The molecule has 0 unspecified atom stereocenters. The Labute approximate surface area is 179 Å². The lowest BCUT2D eigenvalue weighted by molar-refractivity contribution is 0.102. The molecule has 7 heteroatoms. The number of hydrogen-bond donors (Lipinski definition) is 1. The molecule has 5 aromatic rings. The number of amides is 1. The van der Waals surface area contributed by atoms with Crippen LogP contribution in [0.25, 0.3) is 16.6 Å². The summed E-state index contributed by atoms with van der Waals surface area (Å²) in [4.78, 5) is 17.3. The molecule has 3 aromatic heterocycles. The summed E-state index contributed by atoms with van der Waals surface area (Å²) >= 11 is 0. The van der Waals surface area contributed by atoms with Gasteiger partial charge < -0.3 is 5.32 Å². The molecule has 2 aromatic carbocycles. The molecule has 152 valence electrons. The molecule has 0 bridgehead atoms. The van der Waals surface area contributed by atoms with E-state index in [1.807, 2.05) is 43.3 Å². The van der Waals surface area contributed by atoms with Gasteiger partial charge in [0.25, 0.3) is 5.91 Å². The van der Waals surface area contributed by atoms with E-state index in [9.17, 15) is 4.79 Å². The topological polar surface area (TPSA) is 77.6 Å². The Hall–Kier alpha value is -4.26. The summed E-state index contributed by atoms with van der Waals surface area (Å²) in [6.45, 7) is 2.40. The summed E-state index contributed by atoms with van der Waals surface area (Å²) in [6, 6.07) is 21.8. The minimum absolute atomic E-state index is 0.237. The van der Waals surface area contributed by atoms with E-state index in [0.717, 1.165) is 11.3 Å². The number of hydrogen-bond acceptors (Lipinski definition) is 4. The Morgan fingerprint density at radius 3 is 2.65 bits per heavy atom. The van der Waals surface area contributed by atoms with Crippen molar-refractivity contribution in [3.05, 3.63) is 102 Å². The van der Waals surface area contributed by atoms with Crippen molar-refractivity contribution in [3.8, 4) is 5.82 Å². The fourth-order valence-electron chi connectivity index (χ4n) is 3.68. The van der Waals surface area contributed by atoms with Gasteiger partial charge in [-0.3, -0.25) is 4.79 Å². The lowest BCUT2D eigenvalue weighted by Gasteiger charge is -2.11. The van der Waals surface area contributed by atoms with Crippen LogP contribution >= 0.6 is 0 Å². The Morgan fingerprint density at radius 1 is 0.935 bits per heavy atom. The van der Waals surface area contributed by atoms with Crippen LogP contribution in [0.3, 0.4) is 0 Å². The van der Waals surface area contributed by atoms with Crippen LogP contribution in [0.15, 0.2) is 85.3 Å². The Balaban J connectivity index is 1.39. The molecule has 0 saturated carbocycles. The number of carbonyl (C=O) groups excluding carboxylic acids is 1. The zero-order valence-electron chi connectivity index (χ0n) is 16.9. The quantitative estimate of drug-likeness (QED) is 0.472. The molecule has 7 nitrogen and oxygen atoms in total. The van der Waals surface area contributed by atoms with Crippen LogP contribution in [0.5, 0.6) is 0 Å². The van der Waals surface area contributed by atoms with Crippen LogP contribution in [-0.2, 0) is 6.54 Å². The van der Waals surface area contributed by atoms with E-state index in [-0.39, 0.29) is 5.91 Å². The van der Waals surface area contributed by atoms with Crippen molar-refractivity contribution in [1.29, 1.82) is 0 Å². The molecule has 0 aliphatic carbocycles. The van der Waals surface area contributed by atoms with Crippen molar-refractivity contribution in [1.82, 2.24) is 24.5 Å². The third kappa shape index (κ3) is 3.57. The highest BCUT2D eigenvalue weighted by atomic mass is 16.1. The van der Waals surface area contributed by atoms with Crippen molar-refractivity contribution >= 4 is 22.5 Å². The highest BCUT2D eigenvalue weighted by molar-refractivity contribution is 6.04. The van der Waals surface area contributed by atoms with Gasteiger partial charge in [-0.15, -0.1) is 0 Å². The van der Waals surface area contributed by atoms with Crippen LogP contribution in [0.1, 0.15) is 21.6 Å². The fraction of sp³-hybridized carbons (Fsp3) is 0.0833. The number of rotatable bonds is 5. The van der Waals surface area contributed by atoms with Gasteiger partial charge in [0, 0.05) is 12.3 Å². The number of pyridine rings is 1. The van der Waals surface area contributed by atoms with Crippen molar-refractivity contribution in [3.63, 3.8) is 0 Å². The standard InChI is InChI=1S/C24H20N6O/c1-17-21(15-27-30(17)22-11-4-5-13-25-22)24(31)28-23-12-14-26-29(23)16-19-9-6-8-18-7-2-3-10-20(18)19/h2-15H,16H2,1H3,(H,28,31). The van der Waals surface area contributed by atoms with Gasteiger partial charge in [-0.25, -0.2) is 14.3 Å². The van der Waals surface area contributed by atoms with Crippen LogP contribution in [0.2, 0.25) is 0 Å². The first-order chi connectivity index (χ1) is 15.2. The minimum Gasteiger partial charge on any atom is -0.307 e. The summed E-state index contributed by atoms with van der Waals surface area (Å²) in [5.41, 5.74) is 2.34. The molecule has 0 fully saturated rings.